The van der Waals surface area contributed by atoms with Crippen LogP contribution >= 0.6 is 0 Å². The number of carboxylic acid groups (broad SMARTS) is 1. The highest BCUT2D eigenvalue weighted by Gasteiger charge is 2.11. The van der Waals surface area contributed by atoms with E-state index in [2.05, 4.69) is 4.72 Å². The standard InChI is InChI=1S/C9H19NO4S/c1-3-6-15(13,14)10-7-8(2)4-5-9(11)12/h8,10H,3-7H2,1-2H3,(H,11,12). The molecule has 1 unspecified atom stereocenters. The summed E-state index contributed by atoms with van der Waals surface area (Å²) in [6.45, 7) is 3.94. The van der Waals surface area contributed by atoms with E-state index in [0.29, 0.717) is 19.4 Å². The topological polar surface area (TPSA) is 83.5 Å². The van der Waals surface area contributed by atoms with E-state index in [-0.39, 0.29) is 18.1 Å². The number of sulfonamides is 1. The molecule has 6 heteroatoms. The average Bonchev–Trinajstić information content (AvgIpc) is 2.11. The van der Waals surface area contributed by atoms with Crippen LogP contribution in [0.15, 0.2) is 0 Å². The van der Waals surface area contributed by atoms with Gasteiger partial charge in [-0.05, 0) is 18.8 Å². The molecule has 0 saturated carbocycles. The van der Waals surface area contributed by atoms with Crippen LogP contribution in [0.1, 0.15) is 33.1 Å². The molecule has 0 aromatic rings. The monoisotopic (exact) mass is 237 g/mol. The van der Waals surface area contributed by atoms with Gasteiger partial charge in [-0.3, -0.25) is 4.79 Å². The van der Waals surface area contributed by atoms with E-state index in [4.69, 9.17) is 5.11 Å². The molecular weight excluding hydrogens is 218 g/mol. The molecule has 15 heavy (non-hydrogen) atoms. The molecule has 0 aromatic carbocycles. The molecule has 0 amide bonds. The van der Waals surface area contributed by atoms with Crippen molar-refractivity contribution in [3.8, 4) is 0 Å². The van der Waals surface area contributed by atoms with Crippen molar-refractivity contribution >= 4 is 16.0 Å². The molecule has 0 rings (SSSR count). The van der Waals surface area contributed by atoms with Crippen molar-refractivity contribution in [2.24, 2.45) is 5.92 Å². The first-order valence-electron chi connectivity index (χ1n) is 5.06. The van der Waals surface area contributed by atoms with Crippen molar-refractivity contribution in [1.82, 2.24) is 4.72 Å². The van der Waals surface area contributed by atoms with E-state index in [1.807, 2.05) is 6.92 Å². The van der Waals surface area contributed by atoms with Crippen molar-refractivity contribution < 1.29 is 18.3 Å². The summed E-state index contributed by atoms with van der Waals surface area (Å²) in [5.41, 5.74) is 0. The van der Waals surface area contributed by atoms with E-state index < -0.39 is 16.0 Å². The summed E-state index contributed by atoms with van der Waals surface area (Å²) in [4.78, 5) is 10.3. The lowest BCUT2D eigenvalue weighted by Gasteiger charge is -2.11. The minimum absolute atomic E-state index is 0.0488. The molecule has 0 aliphatic heterocycles. The minimum Gasteiger partial charge on any atom is -0.481 e. The zero-order valence-corrected chi connectivity index (χ0v) is 10.0. The van der Waals surface area contributed by atoms with Gasteiger partial charge in [0.25, 0.3) is 0 Å². The molecule has 0 aromatic heterocycles. The van der Waals surface area contributed by atoms with E-state index in [0.717, 1.165) is 0 Å². The fourth-order valence-corrected chi connectivity index (χ4v) is 2.30. The predicted octanol–water partition coefficient (Wildman–Crippen LogP) is 0.817. The summed E-state index contributed by atoms with van der Waals surface area (Å²) < 4.78 is 25.0. The maximum absolute atomic E-state index is 11.2. The maximum atomic E-state index is 11.2. The number of rotatable bonds is 8. The SMILES string of the molecule is CCCS(=O)(=O)NCC(C)CCC(=O)O. The van der Waals surface area contributed by atoms with Crippen LogP contribution in [0, 0.1) is 5.92 Å². The summed E-state index contributed by atoms with van der Waals surface area (Å²) in [6, 6.07) is 0. The summed E-state index contributed by atoms with van der Waals surface area (Å²) >= 11 is 0. The second-order valence-corrected chi connectivity index (χ2v) is 5.63. The highest BCUT2D eigenvalue weighted by Crippen LogP contribution is 2.04. The minimum atomic E-state index is -3.16. The fraction of sp³-hybridized carbons (Fsp3) is 0.889. The summed E-state index contributed by atoms with van der Waals surface area (Å²) in [7, 11) is -3.16. The van der Waals surface area contributed by atoms with Gasteiger partial charge in [0.15, 0.2) is 0 Å². The largest absolute Gasteiger partial charge is 0.481 e. The highest BCUT2D eigenvalue weighted by atomic mass is 32.2. The molecule has 2 N–H and O–H groups in total. The molecular formula is C9H19NO4S. The predicted molar refractivity (Wildman–Crippen MR) is 58.1 cm³/mol. The van der Waals surface area contributed by atoms with Crippen LogP contribution in [0.25, 0.3) is 0 Å². The summed E-state index contributed by atoms with van der Waals surface area (Å²) in [5, 5.41) is 8.44. The van der Waals surface area contributed by atoms with Gasteiger partial charge in [-0.2, -0.15) is 0 Å². The molecule has 0 aliphatic carbocycles. The number of nitrogens with one attached hydrogen (secondary N) is 1. The lowest BCUT2D eigenvalue weighted by Crippen LogP contribution is -2.30. The van der Waals surface area contributed by atoms with Gasteiger partial charge in [-0.15, -0.1) is 0 Å². The lowest BCUT2D eigenvalue weighted by atomic mass is 10.1. The fourth-order valence-electron chi connectivity index (χ4n) is 1.08. The number of carboxylic acids is 1. The second kappa shape index (κ2) is 6.79. The molecule has 0 fully saturated rings. The number of aliphatic carboxylic acids is 1. The van der Waals surface area contributed by atoms with Crippen molar-refractivity contribution in [1.29, 1.82) is 0 Å². The Balaban J connectivity index is 3.80. The number of hydrogen-bond donors (Lipinski definition) is 2. The third kappa shape index (κ3) is 8.38. The van der Waals surface area contributed by atoms with Crippen LogP contribution in [-0.2, 0) is 14.8 Å². The van der Waals surface area contributed by atoms with Gasteiger partial charge in [0.05, 0.1) is 5.75 Å². The van der Waals surface area contributed by atoms with Crippen LogP contribution < -0.4 is 4.72 Å². The first kappa shape index (κ1) is 14.4. The van der Waals surface area contributed by atoms with E-state index >= 15 is 0 Å². The number of hydrogen-bond acceptors (Lipinski definition) is 3. The molecule has 1 atom stereocenters. The highest BCUT2D eigenvalue weighted by molar-refractivity contribution is 7.89. The maximum Gasteiger partial charge on any atom is 0.303 e. The van der Waals surface area contributed by atoms with Crippen LogP contribution in [0.5, 0.6) is 0 Å². The quantitative estimate of drug-likeness (QED) is 0.654. The second-order valence-electron chi connectivity index (χ2n) is 3.70. The van der Waals surface area contributed by atoms with Gasteiger partial charge in [0.1, 0.15) is 0 Å². The van der Waals surface area contributed by atoms with Gasteiger partial charge in [-0.25, -0.2) is 13.1 Å². The Hall–Kier alpha value is -0.620. The molecule has 0 spiro atoms. The number of carbonyl (C=O) groups is 1. The molecule has 0 saturated heterocycles. The van der Waals surface area contributed by atoms with Crippen molar-refractivity contribution in [2.75, 3.05) is 12.3 Å². The first-order chi connectivity index (χ1) is 6.87. The Bertz CT molecular complexity index is 286. The Morgan fingerprint density at radius 1 is 1.47 bits per heavy atom. The van der Waals surface area contributed by atoms with Crippen LogP contribution in [0.2, 0.25) is 0 Å². The van der Waals surface area contributed by atoms with Gasteiger partial charge in [0.2, 0.25) is 10.0 Å². The van der Waals surface area contributed by atoms with Crippen LogP contribution in [-0.4, -0.2) is 31.8 Å². The van der Waals surface area contributed by atoms with E-state index in [1.54, 1.807) is 6.92 Å². The Kier molecular flexibility index (Phi) is 6.51. The molecule has 0 bridgehead atoms. The molecule has 0 heterocycles. The third-order valence-corrected chi connectivity index (χ3v) is 3.53. The van der Waals surface area contributed by atoms with E-state index in [9.17, 15) is 13.2 Å². The summed E-state index contributed by atoms with van der Waals surface area (Å²) in [5.74, 6) is -0.676. The Morgan fingerprint density at radius 2 is 2.07 bits per heavy atom. The van der Waals surface area contributed by atoms with Gasteiger partial charge in [-0.1, -0.05) is 13.8 Å². The molecule has 90 valence electrons. The van der Waals surface area contributed by atoms with Gasteiger partial charge in [0, 0.05) is 13.0 Å². The first-order valence-corrected chi connectivity index (χ1v) is 6.71. The molecule has 0 aliphatic rings. The van der Waals surface area contributed by atoms with Crippen LogP contribution in [0.3, 0.4) is 0 Å². The smallest absolute Gasteiger partial charge is 0.303 e. The summed E-state index contributed by atoms with van der Waals surface area (Å²) in [6.07, 6.45) is 1.15. The Morgan fingerprint density at radius 3 is 2.53 bits per heavy atom. The molecule has 0 radical (unpaired) electrons. The normalized spacial score (nSPS) is 13.7. The van der Waals surface area contributed by atoms with Crippen molar-refractivity contribution in [3.05, 3.63) is 0 Å². The van der Waals surface area contributed by atoms with Crippen LogP contribution in [0.4, 0.5) is 0 Å². The zero-order chi connectivity index (χ0) is 11.9. The lowest BCUT2D eigenvalue weighted by molar-refractivity contribution is -0.137. The zero-order valence-electron chi connectivity index (χ0n) is 9.19. The van der Waals surface area contributed by atoms with Crippen molar-refractivity contribution in [2.45, 2.75) is 33.1 Å². The van der Waals surface area contributed by atoms with Gasteiger partial charge < -0.3 is 5.11 Å². The average molecular weight is 237 g/mol. The third-order valence-electron chi connectivity index (χ3n) is 1.98. The van der Waals surface area contributed by atoms with E-state index in [1.165, 1.54) is 0 Å². The van der Waals surface area contributed by atoms with Crippen molar-refractivity contribution in [3.63, 3.8) is 0 Å². The Labute approximate surface area is 90.9 Å². The van der Waals surface area contributed by atoms with Gasteiger partial charge >= 0.3 is 5.97 Å². The molecule has 5 nitrogen and oxygen atoms in total.